The standard InChI is InChI=1S/C27H32ClN3O6S/c1-18-21(28)8-5-9-24(18)38(32,33)30-27-26(25-20(16-29-27)7-6-13-36-25)37-17-19-10-11-22(34-4)23(15-19)35-14-12-31(2)3/h5,8-11,15-16H,6-7,12-14,17H2,1-4H3,(H,29,30). The molecule has 0 radical (unpaired) electrons. The zero-order chi connectivity index (χ0) is 27.3. The molecule has 1 aliphatic heterocycles. The first kappa shape index (κ1) is 27.8. The van der Waals surface area contributed by atoms with Gasteiger partial charge in [-0.2, -0.15) is 0 Å². The molecule has 0 saturated carbocycles. The van der Waals surface area contributed by atoms with Gasteiger partial charge in [0.05, 0.1) is 18.6 Å². The SMILES string of the molecule is COc1ccc(COc2c(NS(=O)(=O)c3cccc(Cl)c3C)ncc3c2OCCC3)cc1OCCN(C)C. The lowest BCUT2D eigenvalue weighted by Crippen LogP contribution is -2.19. The van der Waals surface area contributed by atoms with E-state index in [-0.39, 0.29) is 23.1 Å². The van der Waals surface area contributed by atoms with Gasteiger partial charge in [-0.1, -0.05) is 23.7 Å². The molecule has 0 unspecified atom stereocenters. The summed E-state index contributed by atoms with van der Waals surface area (Å²) >= 11 is 6.17. The van der Waals surface area contributed by atoms with Crippen molar-refractivity contribution in [2.24, 2.45) is 0 Å². The maximum atomic E-state index is 13.3. The molecule has 11 heteroatoms. The molecule has 0 saturated heterocycles. The summed E-state index contributed by atoms with van der Waals surface area (Å²) < 4.78 is 52.6. The van der Waals surface area contributed by atoms with Crippen LogP contribution < -0.4 is 23.7 Å². The highest BCUT2D eigenvalue weighted by atomic mass is 35.5. The number of aryl methyl sites for hydroxylation is 1. The van der Waals surface area contributed by atoms with Crippen molar-refractivity contribution in [2.45, 2.75) is 31.3 Å². The van der Waals surface area contributed by atoms with E-state index in [0.717, 1.165) is 30.5 Å². The first-order chi connectivity index (χ1) is 18.2. The van der Waals surface area contributed by atoms with Gasteiger partial charge in [-0.15, -0.1) is 0 Å². The summed E-state index contributed by atoms with van der Waals surface area (Å²) in [4.78, 5) is 6.48. The maximum absolute atomic E-state index is 13.3. The van der Waals surface area contributed by atoms with Crippen LogP contribution in [0.1, 0.15) is 23.1 Å². The van der Waals surface area contributed by atoms with Crippen molar-refractivity contribution in [2.75, 3.05) is 45.7 Å². The predicted octanol–water partition coefficient (Wildman–Crippen LogP) is 4.70. The minimum atomic E-state index is -4.00. The molecular formula is C27H32ClN3O6S. The van der Waals surface area contributed by atoms with Crippen molar-refractivity contribution in [1.82, 2.24) is 9.88 Å². The van der Waals surface area contributed by atoms with Gasteiger partial charge < -0.3 is 23.8 Å². The highest BCUT2D eigenvalue weighted by molar-refractivity contribution is 7.92. The van der Waals surface area contributed by atoms with Gasteiger partial charge in [0.1, 0.15) is 13.2 Å². The van der Waals surface area contributed by atoms with E-state index in [0.29, 0.717) is 41.0 Å². The van der Waals surface area contributed by atoms with Crippen molar-refractivity contribution in [1.29, 1.82) is 0 Å². The third-order valence-electron chi connectivity index (χ3n) is 6.05. The minimum absolute atomic E-state index is 0.0426. The van der Waals surface area contributed by atoms with Crippen molar-refractivity contribution < 1.29 is 27.4 Å². The molecular weight excluding hydrogens is 530 g/mol. The number of benzene rings is 2. The molecule has 2 aromatic carbocycles. The number of pyridine rings is 1. The first-order valence-electron chi connectivity index (χ1n) is 12.2. The van der Waals surface area contributed by atoms with E-state index in [9.17, 15) is 8.42 Å². The number of aromatic nitrogens is 1. The Labute approximate surface area is 228 Å². The molecule has 1 aromatic heterocycles. The molecule has 0 bridgehead atoms. The van der Waals surface area contributed by atoms with Crippen molar-refractivity contribution >= 4 is 27.4 Å². The van der Waals surface area contributed by atoms with Crippen LogP contribution >= 0.6 is 11.6 Å². The molecule has 0 atom stereocenters. The van der Waals surface area contributed by atoms with Crippen LogP contribution in [0.5, 0.6) is 23.0 Å². The lowest BCUT2D eigenvalue weighted by molar-refractivity contribution is 0.242. The van der Waals surface area contributed by atoms with Crippen LogP contribution in [0.15, 0.2) is 47.5 Å². The fourth-order valence-electron chi connectivity index (χ4n) is 3.97. The van der Waals surface area contributed by atoms with E-state index < -0.39 is 10.0 Å². The van der Waals surface area contributed by atoms with Gasteiger partial charge in [0.25, 0.3) is 10.0 Å². The summed E-state index contributed by atoms with van der Waals surface area (Å²) in [6.07, 6.45) is 3.21. The molecule has 4 rings (SSSR count). The van der Waals surface area contributed by atoms with Crippen molar-refractivity contribution in [3.8, 4) is 23.0 Å². The minimum Gasteiger partial charge on any atom is -0.493 e. The highest BCUT2D eigenvalue weighted by Crippen LogP contribution is 2.41. The fraction of sp³-hybridized carbons (Fsp3) is 0.370. The Morgan fingerprint density at radius 1 is 1.16 bits per heavy atom. The zero-order valence-electron chi connectivity index (χ0n) is 21.9. The molecule has 0 fully saturated rings. The highest BCUT2D eigenvalue weighted by Gasteiger charge is 2.26. The number of anilines is 1. The molecule has 3 aromatic rings. The quantitative estimate of drug-likeness (QED) is 0.360. The van der Waals surface area contributed by atoms with Gasteiger partial charge in [-0.25, -0.2) is 13.4 Å². The maximum Gasteiger partial charge on any atom is 0.263 e. The largest absolute Gasteiger partial charge is 0.493 e. The van der Waals surface area contributed by atoms with E-state index in [1.54, 1.807) is 32.4 Å². The molecule has 2 heterocycles. The van der Waals surface area contributed by atoms with Crippen LogP contribution in [0.4, 0.5) is 5.82 Å². The number of nitrogens with one attached hydrogen (secondary N) is 1. The summed E-state index contributed by atoms with van der Waals surface area (Å²) in [5, 5.41) is 0.356. The predicted molar refractivity (Wildman–Crippen MR) is 146 cm³/mol. The van der Waals surface area contributed by atoms with E-state index in [1.165, 1.54) is 6.07 Å². The molecule has 0 spiro atoms. The van der Waals surface area contributed by atoms with E-state index in [2.05, 4.69) is 9.71 Å². The number of halogens is 1. The molecule has 38 heavy (non-hydrogen) atoms. The molecule has 0 amide bonds. The number of ether oxygens (including phenoxy) is 4. The zero-order valence-corrected chi connectivity index (χ0v) is 23.5. The van der Waals surface area contributed by atoms with Crippen LogP contribution in [0.2, 0.25) is 5.02 Å². The smallest absolute Gasteiger partial charge is 0.263 e. The Hall–Kier alpha value is -3.21. The Kier molecular flexibility index (Phi) is 8.86. The van der Waals surface area contributed by atoms with Gasteiger partial charge in [0.15, 0.2) is 23.1 Å². The van der Waals surface area contributed by atoms with Gasteiger partial charge in [0, 0.05) is 23.3 Å². The van der Waals surface area contributed by atoms with E-state index in [4.69, 9.17) is 30.5 Å². The van der Waals surface area contributed by atoms with Crippen molar-refractivity contribution in [3.63, 3.8) is 0 Å². The number of rotatable bonds is 11. The van der Waals surface area contributed by atoms with Gasteiger partial charge in [-0.3, -0.25) is 4.72 Å². The number of hydrogen-bond acceptors (Lipinski definition) is 8. The fourth-order valence-corrected chi connectivity index (χ4v) is 5.48. The first-order valence-corrected chi connectivity index (χ1v) is 14.1. The molecule has 204 valence electrons. The van der Waals surface area contributed by atoms with Crippen LogP contribution in [-0.4, -0.2) is 59.3 Å². The third kappa shape index (κ3) is 6.43. The number of sulfonamides is 1. The number of likely N-dealkylation sites (N-methyl/N-ethyl adjacent to an activating group) is 1. The lowest BCUT2D eigenvalue weighted by Gasteiger charge is -2.23. The number of nitrogens with zero attached hydrogens (tertiary/aromatic N) is 2. The second-order valence-corrected chi connectivity index (χ2v) is 11.2. The topological polar surface area (TPSA) is 99.2 Å². The van der Waals surface area contributed by atoms with Crippen LogP contribution in [0.25, 0.3) is 0 Å². The molecule has 0 aliphatic carbocycles. The van der Waals surface area contributed by atoms with Gasteiger partial charge in [0.2, 0.25) is 5.75 Å². The monoisotopic (exact) mass is 561 g/mol. The summed E-state index contributed by atoms with van der Waals surface area (Å²) in [5.74, 6) is 1.97. The summed E-state index contributed by atoms with van der Waals surface area (Å²) in [6.45, 7) is 3.52. The Morgan fingerprint density at radius 3 is 2.74 bits per heavy atom. The van der Waals surface area contributed by atoms with Gasteiger partial charge in [-0.05, 0) is 69.3 Å². The molecule has 9 nitrogen and oxygen atoms in total. The molecule has 1 N–H and O–H groups in total. The Morgan fingerprint density at radius 2 is 1.97 bits per heavy atom. The summed E-state index contributed by atoms with van der Waals surface area (Å²) in [6, 6.07) is 10.2. The van der Waals surface area contributed by atoms with Crippen molar-refractivity contribution in [3.05, 3.63) is 64.3 Å². The summed E-state index contributed by atoms with van der Waals surface area (Å²) in [5.41, 5.74) is 2.10. The summed E-state index contributed by atoms with van der Waals surface area (Å²) in [7, 11) is 1.53. The average molecular weight is 562 g/mol. The third-order valence-corrected chi connectivity index (χ3v) is 7.94. The Balaban J connectivity index is 1.62. The van der Waals surface area contributed by atoms with Crippen LogP contribution in [0.3, 0.4) is 0 Å². The second kappa shape index (κ2) is 12.1. The number of hydrogen-bond donors (Lipinski definition) is 1. The lowest BCUT2D eigenvalue weighted by atomic mass is 10.1. The Bertz CT molecular complexity index is 1400. The van der Waals surface area contributed by atoms with Gasteiger partial charge >= 0.3 is 0 Å². The van der Waals surface area contributed by atoms with Crippen LogP contribution in [0, 0.1) is 6.92 Å². The number of methoxy groups -OCH3 is 1. The average Bonchev–Trinajstić information content (AvgIpc) is 2.89. The second-order valence-electron chi connectivity index (χ2n) is 9.14. The normalized spacial score (nSPS) is 13.0. The van der Waals surface area contributed by atoms with Crippen LogP contribution in [-0.2, 0) is 23.1 Å². The number of fused-ring (bicyclic) bond motifs is 1. The molecule has 1 aliphatic rings. The van der Waals surface area contributed by atoms with E-state index >= 15 is 0 Å². The van der Waals surface area contributed by atoms with E-state index in [1.807, 2.05) is 37.2 Å².